The summed E-state index contributed by atoms with van der Waals surface area (Å²) >= 11 is 0. The molecule has 1 unspecified atom stereocenters. The van der Waals surface area contributed by atoms with Gasteiger partial charge in [0.1, 0.15) is 0 Å². The van der Waals surface area contributed by atoms with E-state index in [2.05, 4.69) is 20.5 Å². The van der Waals surface area contributed by atoms with Gasteiger partial charge in [-0.05, 0) is 25.3 Å². The van der Waals surface area contributed by atoms with Gasteiger partial charge in [-0.15, -0.1) is 24.0 Å². The minimum absolute atomic E-state index is 0. The number of carbonyl (C=O) groups excluding carboxylic acids is 2. The summed E-state index contributed by atoms with van der Waals surface area (Å²) in [4.78, 5) is 30.3. The van der Waals surface area contributed by atoms with Gasteiger partial charge in [-0.2, -0.15) is 0 Å². The van der Waals surface area contributed by atoms with Crippen molar-refractivity contribution >= 4 is 41.8 Å². The predicted molar refractivity (Wildman–Crippen MR) is 121 cm³/mol. The number of aliphatic imine (C=N–C) groups is 1. The SMILES string of the molecule is CCOC(=O)C1CCCN(C(=NC)NCCC(=O)NCc2ccccc2)C1.I. The zero-order chi connectivity index (χ0) is 19.5. The molecule has 0 bridgehead atoms. The van der Waals surface area contributed by atoms with Crippen molar-refractivity contribution in [2.45, 2.75) is 32.7 Å². The van der Waals surface area contributed by atoms with Gasteiger partial charge in [0.2, 0.25) is 5.91 Å². The summed E-state index contributed by atoms with van der Waals surface area (Å²) in [6.07, 6.45) is 2.12. The lowest BCUT2D eigenvalue weighted by Gasteiger charge is -2.33. The van der Waals surface area contributed by atoms with E-state index < -0.39 is 0 Å². The Morgan fingerprint density at radius 1 is 1.25 bits per heavy atom. The Bertz CT molecular complexity index is 640. The quantitative estimate of drug-likeness (QED) is 0.259. The van der Waals surface area contributed by atoms with Crippen LogP contribution in [0, 0.1) is 5.92 Å². The maximum atomic E-state index is 12.0. The monoisotopic (exact) mass is 502 g/mol. The first kappa shape index (κ1) is 24.2. The third kappa shape index (κ3) is 8.04. The van der Waals surface area contributed by atoms with E-state index in [-0.39, 0.29) is 41.8 Å². The molecular weight excluding hydrogens is 471 g/mol. The number of nitrogens with zero attached hydrogens (tertiary/aromatic N) is 2. The molecule has 0 aromatic heterocycles. The molecule has 1 aromatic rings. The summed E-state index contributed by atoms with van der Waals surface area (Å²) in [5.74, 6) is 0.453. The van der Waals surface area contributed by atoms with Crippen LogP contribution in [0.1, 0.15) is 31.7 Å². The van der Waals surface area contributed by atoms with E-state index in [0.29, 0.717) is 32.7 Å². The molecule has 1 aromatic carbocycles. The highest BCUT2D eigenvalue weighted by molar-refractivity contribution is 14.0. The van der Waals surface area contributed by atoms with Crippen LogP contribution in [0.2, 0.25) is 0 Å². The number of amides is 1. The van der Waals surface area contributed by atoms with Crippen LogP contribution in [-0.2, 0) is 20.9 Å². The molecule has 0 saturated carbocycles. The first-order valence-electron chi connectivity index (χ1n) is 9.57. The Hall–Kier alpha value is -1.84. The van der Waals surface area contributed by atoms with Crippen LogP contribution in [-0.4, -0.2) is 56.0 Å². The molecule has 7 nitrogen and oxygen atoms in total. The molecule has 28 heavy (non-hydrogen) atoms. The predicted octanol–water partition coefficient (Wildman–Crippen LogP) is 2.16. The zero-order valence-electron chi connectivity index (χ0n) is 16.6. The van der Waals surface area contributed by atoms with Crippen LogP contribution in [0.3, 0.4) is 0 Å². The highest BCUT2D eigenvalue weighted by atomic mass is 127. The zero-order valence-corrected chi connectivity index (χ0v) is 19.0. The number of hydrogen-bond acceptors (Lipinski definition) is 4. The van der Waals surface area contributed by atoms with Crippen molar-refractivity contribution in [2.24, 2.45) is 10.9 Å². The van der Waals surface area contributed by atoms with E-state index in [1.165, 1.54) is 0 Å². The summed E-state index contributed by atoms with van der Waals surface area (Å²) < 4.78 is 5.14. The van der Waals surface area contributed by atoms with Crippen LogP contribution >= 0.6 is 24.0 Å². The first-order chi connectivity index (χ1) is 13.1. The van der Waals surface area contributed by atoms with Gasteiger partial charge in [0.25, 0.3) is 0 Å². The third-order valence-corrected chi connectivity index (χ3v) is 4.52. The molecule has 2 rings (SSSR count). The van der Waals surface area contributed by atoms with Crippen LogP contribution in [0.25, 0.3) is 0 Å². The number of rotatable bonds is 7. The van der Waals surface area contributed by atoms with E-state index in [1.807, 2.05) is 37.3 Å². The molecule has 0 radical (unpaired) electrons. The van der Waals surface area contributed by atoms with E-state index in [4.69, 9.17) is 4.74 Å². The largest absolute Gasteiger partial charge is 0.466 e. The number of halogens is 1. The van der Waals surface area contributed by atoms with Gasteiger partial charge in [-0.1, -0.05) is 30.3 Å². The topological polar surface area (TPSA) is 83.0 Å². The Balaban J connectivity index is 0.00000392. The highest BCUT2D eigenvalue weighted by Gasteiger charge is 2.28. The number of piperidine rings is 1. The fourth-order valence-electron chi connectivity index (χ4n) is 3.13. The number of carbonyl (C=O) groups is 2. The van der Waals surface area contributed by atoms with Crippen LogP contribution in [0.5, 0.6) is 0 Å². The lowest BCUT2D eigenvalue weighted by Crippen LogP contribution is -2.48. The normalized spacial score (nSPS) is 16.7. The molecule has 156 valence electrons. The Kier molecular flexibility index (Phi) is 11.5. The second kappa shape index (κ2) is 13.4. The molecule has 1 saturated heterocycles. The van der Waals surface area contributed by atoms with Crippen molar-refractivity contribution in [2.75, 3.05) is 33.3 Å². The summed E-state index contributed by atoms with van der Waals surface area (Å²) in [5, 5.41) is 6.14. The van der Waals surface area contributed by atoms with Gasteiger partial charge < -0.3 is 20.3 Å². The fraction of sp³-hybridized carbons (Fsp3) is 0.550. The molecule has 1 aliphatic heterocycles. The molecule has 0 spiro atoms. The minimum atomic E-state index is -0.141. The molecule has 1 amide bonds. The number of nitrogens with one attached hydrogen (secondary N) is 2. The van der Waals surface area contributed by atoms with Crippen LogP contribution < -0.4 is 10.6 Å². The third-order valence-electron chi connectivity index (χ3n) is 4.52. The van der Waals surface area contributed by atoms with E-state index in [1.54, 1.807) is 7.05 Å². The Morgan fingerprint density at radius 3 is 2.68 bits per heavy atom. The number of guanidine groups is 1. The van der Waals surface area contributed by atoms with Crippen molar-refractivity contribution in [1.82, 2.24) is 15.5 Å². The van der Waals surface area contributed by atoms with Crippen molar-refractivity contribution in [3.8, 4) is 0 Å². The number of ether oxygens (including phenoxy) is 1. The van der Waals surface area contributed by atoms with Crippen molar-refractivity contribution in [3.05, 3.63) is 35.9 Å². The summed E-state index contributed by atoms with van der Waals surface area (Å²) in [6.45, 7) is 4.69. The second-order valence-electron chi connectivity index (χ2n) is 6.52. The lowest BCUT2D eigenvalue weighted by atomic mass is 9.98. The van der Waals surface area contributed by atoms with Gasteiger partial charge in [0.15, 0.2) is 5.96 Å². The van der Waals surface area contributed by atoms with Gasteiger partial charge in [0, 0.05) is 39.6 Å². The standard InChI is InChI=1S/C20H30N4O3.HI/c1-3-27-19(26)17-10-7-13-24(15-17)20(21-2)22-12-11-18(25)23-14-16-8-5-4-6-9-16;/h4-6,8-9,17H,3,7,10-15H2,1-2H3,(H,21,22)(H,23,25);1H. The van der Waals surface area contributed by atoms with Crippen molar-refractivity contribution in [3.63, 3.8) is 0 Å². The molecule has 1 fully saturated rings. The van der Waals surface area contributed by atoms with Gasteiger partial charge in [0.05, 0.1) is 12.5 Å². The summed E-state index contributed by atoms with van der Waals surface area (Å²) in [6, 6.07) is 9.83. The summed E-state index contributed by atoms with van der Waals surface area (Å²) in [5.41, 5.74) is 1.08. The number of likely N-dealkylation sites (tertiary alicyclic amines) is 1. The van der Waals surface area contributed by atoms with Gasteiger partial charge in [-0.25, -0.2) is 0 Å². The highest BCUT2D eigenvalue weighted by Crippen LogP contribution is 2.18. The van der Waals surface area contributed by atoms with E-state index in [0.717, 1.165) is 30.9 Å². The lowest BCUT2D eigenvalue weighted by molar-refractivity contribution is -0.149. The molecule has 1 atom stereocenters. The van der Waals surface area contributed by atoms with Crippen molar-refractivity contribution < 1.29 is 14.3 Å². The molecule has 1 heterocycles. The molecule has 0 aliphatic carbocycles. The van der Waals surface area contributed by atoms with E-state index in [9.17, 15) is 9.59 Å². The molecule has 8 heteroatoms. The smallest absolute Gasteiger partial charge is 0.310 e. The molecule has 2 N–H and O–H groups in total. The maximum absolute atomic E-state index is 12.0. The van der Waals surface area contributed by atoms with Crippen LogP contribution in [0.4, 0.5) is 0 Å². The maximum Gasteiger partial charge on any atom is 0.310 e. The van der Waals surface area contributed by atoms with Gasteiger partial charge in [-0.3, -0.25) is 14.6 Å². The number of hydrogen-bond donors (Lipinski definition) is 2. The molecule has 1 aliphatic rings. The Labute approximate surface area is 184 Å². The Morgan fingerprint density at radius 2 is 2.00 bits per heavy atom. The number of benzene rings is 1. The fourth-order valence-corrected chi connectivity index (χ4v) is 3.13. The molecular formula is C20H31IN4O3. The number of esters is 1. The van der Waals surface area contributed by atoms with Crippen molar-refractivity contribution in [1.29, 1.82) is 0 Å². The summed E-state index contributed by atoms with van der Waals surface area (Å²) in [7, 11) is 1.71. The van der Waals surface area contributed by atoms with E-state index >= 15 is 0 Å². The van der Waals surface area contributed by atoms with Crippen LogP contribution in [0.15, 0.2) is 35.3 Å². The van der Waals surface area contributed by atoms with Gasteiger partial charge >= 0.3 is 5.97 Å². The first-order valence-corrected chi connectivity index (χ1v) is 9.57. The average molecular weight is 502 g/mol. The minimum Gasteiger partial charge on any atom is -0.466 e. The second-order valence-corrected chi connectivity index (χ2v) is 6.52. The average Bonchev–Trinajstić information content (AvgIpc) is 2.71.